The van der Waals surface area contributed by atoms with Gasteiger partial charge >= 0.3 is 0 Å². The van der Waals surface area contributed by atoms with Gasteiger partial charge in [0.05, 0.1) is 15.2 Å². The van der Waals surface area contributed by atoms with Gasteiger partial charge in [-0.2, -0.15) is 0 Å². The molecule has 0 fully saturated rings. The molecule has 0 saturated carbocycles. The number of halogens is 1. The van der Waals surface area contributed by atoms with E-state index in [1.165, 1.54) is 17.4 Å². The van der Waals surface area contributed by atoms with Crippen molar-refractivity contribution >= 4 is 39.4 Å². The van der Waals surface area contributed by atoms with Crippen LogP contribution >= 0.6 is 22.9 Å². The predicted octanol–water partition coefficient (Wildman–Crippen LogP) is 4.44. The Hall–Kier alpha value is -2.18. The Morgan fingerprint density at radius 1 is 1.24 bits per heavy atom. The molecule has 0 spiro atoms. The molecule has 0 aliphatic heterocycles. The maximum Gasteiger partial charge on any atom is 0.277 e. The summed E-state index contributed by atoms with van der Waals surface area (Å²) in [5, 5.41) is 12.3. The third kappa shape index (κ3) is 2.81. The van der Waals surface area contributed by atoms with E-state index in [4.69, 9.17) is 16.3 Å². The van der Waals surface area contributed by atoms with E-state index in [1.54, 1.807) is 30.5 Å². The van der Waals surface area contributed by atoms with Crippen molar-refractivity contribution in [2.24, 2.45) is 0 Å². The number of aromatic nitrogens is 1. The molecule has 3 rings (SSSR count). The van der Waals surface area contributed by atoms with Crippen molar-refractivity contribution in [1.82, 2.24) is 4.98 Å². The van der Waals surface area contributed by atoms with E-state index in [-0.39, 0.29) is 5.69 Å². The van der Waals surface area contributed by atoms with Crippen LogP contribution < -0.4 is 4.74 Å². The molecule has 0 unspecified atom stereocenters. The zero-order valence-electron chi connectivity index (χ0n) is 10.7. The van der Waals surface area contributed by atoms with Crippen molar-refractivity contribution in [2.45, 2.75) is 6.61 Å². The molecular weight excluding hydrogens is 312 g/mol. The fourth-order valence-electron chi connectivity index (χ4n) is 2.04. The quantitative estimate of drug-likeness (QED) is 0.526. The molecule has 1 heterocycles. The fourth-order valence-corrected chi connectivity index (χ4v) is 2.93. The molecule has 0 N–H and O–H groups in total. The number of nitrogens with zero attached hydrogens (tertiary/aromatic N) is 2. The summed E-state index contributed by atoms with van der Waals surface area (Å²) < 4.78 is 6.20. The first-order chi connectivity index (χ1) is 10.1. The van der Waals surface area contributed by atoms with Gasteiger partial charge in [-0.3, -0.25) is 10.1 Å². The lowest BCUT2D eigenvalue weighted by atomic mass is 10.1. The van der Waals surface area contributed by atoms with Crippen molar-refractivity contribution < 1.29 is 9.66 Å². The van der Waals surface area contributed by atoms with E-state index < -0.39 is 4.92 Å². The summed E-state index contributed by atoms with van der Waals surface area (Å²) in [4.78, 5) is 15.5. The number of rotatable bonds is 4. The minimum Gasteiger partial charge on any atom is -0.487 e. The molecule has 0 saturated heterocycles. The van der Waals surface area contributed by atoms with Gasteiger partial charge in [-0.25, -0.2) is 4.98 Å². The van der Waals surface area contributed by atoms with E-state index >= 15 is 0 Å². The second-order valence-corrected chi connectivity index (χ2v) is 5.95. The van der Waals surface area contributed by atoms with Gasteiger partial charge in [0.2, 0.25) is 0 Å². The SMILES string of the molecule is O=[N+]([O-])c1ccc(OCc2cnc(Cl)s2)c2ccccc12. The van der Waals surface area contributed by atoms with Crippen LogP contribution in [-0.2, 0) is 6.61 Å². The Balaban J connectivity index is 1.96. The fraction of sp³-hybridized carbons (Fsp3) is 0.0714. The zero-order chi connectivity index (χ0) is 14.8. The second kappa shape index (κ2) is 5.67. The molecular formula is C14H9ClN2O3S. The Kier molecular flexibility index (Phi) is 3.72. The third-order valence-electron chi connectivity index (χ3n) is 2.95. The van der Waals surface area contributed by atoms with E-state index in [0.29, 0.717) is 27.6 Å². The van der Waals surface area contributed by atoms with Crippen LogP contribution in [0.25, 0.3) is 10.8 Å². The molecule has 0 aliphatic carbocycles. The molecule has 7 heteroatoms. The Labute approximate surface area is 128 Å². The lowest BCUT2D eigenvalue weighted by Gasteiger charge is -2.08. The number of hydrogen-bond acceptors (Lipinski definition) is 5. The van der Waals surface area contributed by atoms with Gasteiger partial charge in [0.1, 0.15) is 12.4 Å². The summed E-state index contributed by atoms with van der Waals surface area (Å²) in [6.45, 7) is 0.326. The molecule has 2 aromatic carbocycles. The topological polar surface area (TPSA) is 65.3 Å². The average molecular weight is 321 g/mol. The Bertz CT molecular complexity index is 819. The van der Waals surface area contributed by atoms with Gasteiger partial charge in [0, 0.05) is 17.6 Å². The van der Waals surface area contributed by atoms with Crippen molar-refractivity contribution in [3.8, 4) is 5.75 Å². The van der Waals surface area contributed by atoms with Crippen LogP contribution in [-0.4, -0.2) is 9.91 Å². The second-order valence-electron chi connectivity index (χ2n) is 4.25. The van der Waals surface area contributed by atoms with Gasteiger partial charge in [0.25, 0.3) is 5.69 Å². The standard InChI is InChI=1S/C14H9ClN2O3S/c15-14-16-7-9(21-14)8-20-13-6-5-12(17(18)19)10-3-1-2-4-11(10)13/h1-7H,8H2. The summed E-state index contributed by atoms with van der Waals surface area (Å²) in [5.41, 5.74) is 0.0683. The smallest absolute Gasteiger partial charge is 0.277 e. The Morgan fingerprint density at radius 2 is 2.00 bits per heavy atom. The molecule has 21 heavy (non-hydrogen) atoms. The molecule has 106 valence electrons. The summed E-state index contributed by atoms with van der Waals surface area (Å²) >= 11 is 7.11. The van der Waals surface area contributed by atoms with Crippen molar-refractivity contribution in [2.75, 3.05) is 0 Å². The van der Waals surface area contributed by atoms with Gasteiger partial charge in [-0.05, 0) is 12.1 Å². The summed E-state index contributed by atoms with van der Waals surface area (Å²) in [7, 11) is 0. The number of non-ortho nitro benzene ring substituents is 1. The predicted molar refractivity (Wildman–Crippen MR) is 82.1 cm³/mol. The van der Waals surface area contributed by atoms with Gasteiger partial charge in [-0.15, -0.1) is 11.3 Å². The minimum absolute atomic E-state index is 0.0683. The lowest BCUT2D eigenvalue weighted by Crippen LogP contribution is -1.96. The number of ether oxygens (including phenoxy) is 1. The minimum atomic E-state index is -0.394. The average Bonchev–Trinajstić information content (AvgIpc) is 2.90. The number of fused-ring (bicyclic) bond motifs is 1. The third-order valence-corrected chi connectivity index (χ3v) is 4.04. The molecule has 0 aliphatic rings. The number of nitro benzene ring substituents is 1. The first-order valence-corrected chi connectivity index (χ1v) is 7.24. The van der Waals surface area contributed by atoms with Gasteiger partial charge in [-0.1, -0.05) is 29.8 Å². The number of thiazole rings is 1. The highest BCUT2D eigenvalue weighted by molar-refractivity contribution is 7.15. The van der Waals surface area contributed by atoms with Crippen molar-refractivity contribution in [3.63, 3.8) is 0 Å². The van der Waals surface area contributed by atoms with Crippen LogP contribution in [0.2, 0.25) is 4.47 Å². The molecule has 3 aromatic rings. The van der Waals surface area contributed by atoms with Crippen LogP contribution in [0.5, 0.6) is 5.75 Å². The summed E-state index contributed by atoms with van der Waals surface area (Å²) in [5.74, 6) is 0.598. The maximum atomic E-state index is 11.1. The van der Waals surface area contributed by atoms with E-state index in [9.17, 15) is 10.1 Å². The molecule has 0 radical (unpaired) electrons. The summed E-state index contributed by atoms with van der Waals surface area (Å²) in [6, 6.07) is 10.2. The lowest BCUT2D eigenvalue weighted by molar-refractivity contribution is -0.383. The molecule has 1 aromatic heterocycles. The highest BCUT2D eigenvalue weighted by Crippen LogP contribution is 2.33. The summed E-state index contributed by atoms with van der Waals surface area (Å²) in [6.07, 6.45) is 1.65. The number of hydrogen-bond donors (Lipinski definition) is 0. The molecule has 0 atom stereocenters. The largest absolute Gasteiger partial charge is 0.487 e. The Morgan fingerprint density at radius 3 is 2.67 bits per heavy atom. The molecule has 5 nitrogen and oxygen atoms in total. The highest BCUT2D eigenvalue weighted by Gasteiger charge is 2.14. The monoisotopic (exact) mass is 320 g/mol. The van der Waals surface area contributed by atoms with E-state index in [0.717, 1.165) is 4.88 Å². The number of nitro groups is 1. The van der Waals surface area contributed by atoms with Crippen molar-refractivity contribution in [1.29, 1.82) is 0 Å². The number of benzene rings is 2. The van der Waals surface area contributed by atoms with Crippen LogP contribution in [0.1, 0.15) is 4.88 Å². The van der Waals surface area contributed by atoms with Gasteiger partial charge < -0.3 is 4.74 Å². The molecule has 0 bridgehead atoms. The van der Waals surface area contributed by atoms with E-state index in [1.807, 2.05) is 6.07 Å². The van der Waals surface area contributed by atoms with Crippen LogP contribution in [0.3, 0.4) is 0 Å². The van der Waals surface area contributed by atoms with Crippen LogP contribution in [0.15, 0.2) is 42.6 Å². The van der Waals surface area contributed by atoms with E-state index in [2.05, 4.69) is 4.98 Å². The zero-order valence-corrected chi connectivity index (χ0v) is 12.2. The maximum absolute atomic E-state index is 11.1. The first kappa shape index (κ1) is 13.8. The molecule has 0 amide bonds. The first-order valence-electron chi connectivity index (χ1n) is 6.04. The van der Waals surface area contributed by atoms with Gasteiger partial charge in [0.15, 0.2) is 4.47 Å². The van der Waals surface area contributed by atoms with Crippen molar-refractivity contribution in [3.05, 3.63) is 62.1 Å². The normalized spacial score (nSPS) is 10.7. The van der Waals surface area contributed by atoms with Crippen LogP contribution in [0, 0.1) is 10.1 Å². The highest BCUT2D eigenvalue weighted by atomic mass is 35.5. The van der Waals surface area contributed by atoms with Crippen LogP contribution in [0.4, 0.5) is 5.69 Å².